The van der Waals surface area contributed by atoms with Gasteiger partial charge in [-0.05, 0) is 86.8 Å². The minimum absolute atomic E-state index is 0.0876. The Morgan fingerprint density at radius 2 is 1.76 bits per heavy atom. The highest BCUT2D eigenvalue weighted by Crippen LogP contribution is 2.44. The molecule has 41 heavy (non-hydrogen) atoms. The summed E-state index contributed by atoms with van der Waals surface area (Å²) in [4.78, 5) is 34.0. The van der Waals surface area contributed by atoms with Crippen LogP contribution >= 0.6 is 11.3 Å². The third-order valence-corrected chi connectivity index (χ3v) is 9.44. The number of carbonyl (C=O) groups excluding carboxylic acids is 1. The number of aryl methyl sites for hydroxylation is 2. The summed E-state index contributed by atoms with van der Waals surface area (Å²) < 4.78 is 6.37. The molecule has 1 aliphatic heterocycles. The maximum absolute atomic E-state index is 13.1. The Hall–Kier alpha value is -3.39. The van der Waals surface area contributed by atoms with Crippen LogP contribution in [0.4, 0.5) is 5.13 Å². The van der Waals surface area contributed by atoms with Crippen molar-refractivity contribution in [2.75, 3.05) is 31.1 Å². The minimum atomic E-state index is -0.648. The Kier molecular flexibility index (Phi) is 8.97. The zero-order valence-corrected chi connectivity index (χ0v) is 25.4. The SMILES string of the molecule is CCCN(CCC)C(=O)c1ccc(COc2ccc(C)cc2-c2csc(N3CC4CCC(C3)C4C(=O)O)n2)c(C)c1. The molecule has 5 rings (SSSR count). The maximum Gasteiger partial charge on any atom is 0.307 e. The van der Waals surface area contributed by atoms with E-state index in [0.29, 0.717) is 6.61 Å². The average molecular weight is 576 g/mol. The number of amides is 1. The van der Waals surface area contributed by atoms with Crippen molar-refractivity contribution in [2.24, 2.45) is 17.8 Å². The van der Waals surface area contributed by atoms with Crippen molar-refractivity contribution in [3.8, 4) is 17.0 Å². The molecule has 2 aromatic carbocycles. The lowest BCUT2D eigenvalue weighted by molar-refractivity contribution is -0.144. The molecule has 7 nitrogen and oxygen atoms in total. The molecule has 1 amide bonds. The van der Waals surface area contributed by atoms with E-state index in [2.05, 4.69) is 37.1 Å². The monoisotopic (exact) mass is 575 g/mol. The van der Waals surface area contributed by atoms with Gasteiger partial charge in [0, 0.05) is 42.7 Å². The molecule has 3 aromatic rings. The Labute approximate surface area is 247 Å². The van der Waals surface area contributed by atoms with Crippen LogP contribution in [0.25, 0.3) is 11.3 Å². The van der Waals surface area contributed by atoms with Crippen molar-refractivity contribution in [1.29, 1.82) is 0 Å². The molecule has 1 aliphatic carbocycles. The van der Waals surface area contributed by atoms with Crippen molar-refractivity contribution in [3.63, 3.8) is 0 Å². The number of rotatable bonds is 11. The topological polar surface area (TPSA) is 83.0 Å². The molecule has 2 aliphatic rings. The standard InChI is InChI=1S/C33H41N3O4S/c1-5-13-35(14-6-2)31(37)23-8-11-26(22(4)16-23)19-40-29-12-7-21(3)15-27(29)28-20-41-33(34-28)36-17-24-9-10-25(18-36)30(24)32(38)39/h7-8,11-12,15-16,20,24-25,30H,5-6,9-10,13-14,17-19H2,1-4H3,(H,38,39). The molecule has 0 radical (unpaired) electrons. The van der Waals surface area contributed by atoms with E-state index < -0.39 is 5.97 Å². The first-order valence-corrected chi connectivity index (χ1v) is 15.7. The molecule has 2 unspecified atom stereocenters. The number of ether oxygens (including phenoxy) is 1. The van der Waals surface area contributed by atoms with E-state index in [1.54, 1.807) is 11.3 Å². The van der Waals surface area contributed by atoms with Gasteiger partial charge in [0.25, 0.3) is 5.91 Å². The summed E-state index contributed by atoms with van der Waals surface area (Å²) in [7, 11) is 0. The number of benzene rings is 2. The van der Waals surface area contributed by atoms with Gasteiger partial charge in [-0.3, -0.25) is 9.59 Å². The van der Waals surface area contributed by atoms with Crippen LogP contribution in [0.5, 0.6) is 5.75 Å². The van der Waals surface area contributed by atoms with Gasteiger partial charge in [0.2, 0.25) is 0 Å². The lowest BCUT2D eigenvalue weighted by Crippen LogP contribution is -2.44. The molecule has 218 valence electrons. The second-order valence-electron chi connectivity index (χ2n) is 11.6. The summed E-state index contributed by atoms with van der Waals surface area (Å²) in [6.07, 6.45) is 3.85. The summed E-state index contributed by atoms with van der Waals surface area (Å²) in [6, 6.07) is 12.0. The van der Waals surface area contributed by atoms with Crippen molar-refractivity contribution >= 4 is 28.3 Å². The third kappa shape index (κ3) is 6.27. The van der Waals surface area contributed by atoms with Crippen molar-refractivity contribution < 1.29 is 19.4 Å². The van der Waals surface area contributed by atoms with E-state index in [1.807, 2.05) is 42.2 Å². The van der Waals surface area contributed by atoms with Gasteiger partial charge in [0.15, 0.2) is 5.13 Å². The number of aliphatic carboxylic acids is 1. The number of hydrogen-bond donors (Lipinski definition) is 1. The fourth-order valence-corrected chi connectivity index (χ4v) is 7.31. The van der Waals surface area contributed by atoms with Crippen LogP contribution in [0.1, 0.15) is 66.6 Å². The van der Waals surface area contributed by atoms with E-state index in [9.17, 15) is 14.7 Å². The van der Waals surface area contributed by atoms with Crippen LogP contribution in [0.15, 0.2) is 41.8 Å². The van der Waals surface area contributed by atoms with E-state index in [1.165, 1.54) is 0 Å². The first kappa shape index (κ1) is 29.1. The number of aromatic nitrogens is 1. The number of hydrogen-bond acceptors (Lipinski definition) is 6. The number of anilines is 1. The average Bonchev–Trinajstić information content (AvgIpc) is 3.55. The third-order valence-electron chi connectivity index (χ3n) is 8.54. The molecule has 1 N–H and O–H groups in total. The zero-order valence-electron chi connectivity index (χ0n) is 24.6. The number of thiazole rings is 1. The van der Waals surface area contributed by atoms with Crippen LogP contribution in [0, 0.1) is 31.6 Å². The first-order chi connectivity index (χ1) is 19.8. The fraction of sp³-hybridized carbons (Fsp3) is 0.485. The normalized spacial score (nSPS) is 19.8. The van der Waals surface area contributed by atoms with Gasteiger partial charge in [-0.2, -0.15) is 0 Å². The van der Waals surface area contributed by atoms with Gasteiger partial charge in [0.1, 0.15) is 12.4 Å². The van der Waals surface area contributed by atoms with Gasteiger partial charge in [0.05, 0.1) is 11.6 Å². The predicted molar refractivity (Wildman–Crippen MR) is 164 cm³/mol. The van der Waals surface area contributed by atoms with Gasteiger partial charge < -0.3 is 19.6 Å². The van der Waals surface area contributed by atoms with Crippen LogP contribution in [-0.4, -0.2) is 53.0 Å². The van der Waals surface area contributed by atoms with Crippen LogP contribution in [0.2, 0.25) is 0 Å². The fourth-order valence-electron chi connectivity index (χ4n) is 6.47. The predicted octanol–water partition coefficient (Wildman–Crippen LogP) is 6.82. The molecule has 1 aromatic heterocycles. The molecular weight excluding hydrogens is 534 g/mol. The number of fused-ring (bicyclic) bond motifs is 2. The van der Waals surface area contributed by atoms with Crippen molar-refractivity contribution in [2.45, 2.75) is 60.0 Å². The molecule has 2 heterocycles. The Morgan fingerprint density at radius 3 is 2.39 bits per heavy atom. The number of nitrogens with zero attached hydrogens (tertiary/aromatic N) is 3. The number of carboxylic acids is 1. The number of piperidine rings is 1. The summed E-state index contributed by atoms with van der Waals surface area (Å²) in [5, 5.41) is 12.7. The Bertz CT molecular complexity index is 1380. The van der Waals surface area contributed by atoms with Crippen LogP contribution < -0.4 is 9.64 Å². The quantitative estimate of drug-likeness (QED) is 0.270. The van der Waals surface area contributed by atoms with Gasteiger partial charge in [-0.25, -0.2) is 4.98 Å². The van der Waals surface area contributed by atoms with Crippen molar-refractivity contribution in [1.82, 2.24) is 9.88 Å². The molecule has 2 atom stereocenters. The summed E-state index contributed by atoms with van der Waals surface area (Å²) in [5.74, 6) is 0.388. The zero-order chi connectivity index (χ0) is 29.1. The highest BCUT2D eigenvalue weighted by molar-refractivity contribution is 7.14. The smallest absolute Gasteiger partial charge is 0.307 e. The highest BCUT2D eigenvalue weighted by atomic mass is 32.1. The van der Waals surface area contributed by atoms with Gasteiger partial charge >= 0.3 is 5.97 Å². The molecule has 1 saturated heterocycles. The van der Waals surface area contributed by atoms with E-state index in [0.717, 1.165) is 96.3 Å². The van der Waals surface area contributed by atoms with Crippen LogP contribution in [-0.2, 0) is 11.4 Å². The first-order valence-electron chi connectivity index (χ1n) is 14.8. The lowest BCUT2D eigenvalue weighted by Gasteiger charge is -2.35. The van der Waals surface area contributed by atoms with Crippen LogP contribution in [0.3, 0.4) is 0 Å². The maximum atomic E-state index is 13.1. The van der Waals surface area contributed by atoms with E-state index in [4.69, 9.17) is 9.72 Å². The second-order valence-corrected chi connectivity index (χ2v) is 12.4. The van der Waals surface area contributed by atoms with E-state index in [-0.39, 0.29) is 23.7 Å². The number of carbonyl (C=O) groups is 2. The second kappa shape index (κ2) is 12.6. The molecular formula is C33H41N3O4S. The highest BCUT2D eigenvalue weighted by Gasteiger charge is 2.46. The Balaban J connectivity index is 1.30. The Morgan fingerprint density at radius 1 is 1.05 bits per heavy atom. The summed E-state index contributed by atoms with van der Waals surface area (Å²) in [5.41, 5.74) is 5.76. The summed E-state index contributed by atoms with van der Waals surface area (Å²) in [6.45, 7) is 11.7. The largest absolute Gasteiger partial charge is 0.488 e. The summed E-state index contributed by atoms with van der Waals surface area (Å²) >= 11 is 1.61. The van der Waals surface area contributed by atoms with Gasteiger partial charge in [-0.15, -0.1) is 11.3 Å². The lowest BCUT2D eigenvalue weighted by atomic mass is 9.85. The van der Waals surface area contributed by atoms with Crippen molar-refractivity contribution in [3.05, 3.63) is 64.0 Å². The minimum Gasteiger partial charge on any atom is -0.488 e. The molecule has 1 saturated carbocycles. The number of carboxylic acid groups (broad SMARTS) is 1. The molecule has 8 heteroatoms. The van der Waals surface area contributed by atoms with E-state index >= 15 is 0 Å². The van der Waals surface area contributed by atoms with Gasteiger partial charge in [-0.1, -0.05) is 31.5 Å². The molecule has 2 bridgehead atoms. The molecule has 0 spiro atoms. The molecule has 2 fully saturated rings.